The van der Waals surface area contributed by atoms with Crippen LogP contribution >= 0.6 is 0 Å². The van der Waals surface area contributed by atoms with E-state index in [-0.39, 0.29) is 11.2 Å². The maximum atomic E-state index is 11.1. The quantitative estimate of drug-likeness (QED) is 0.724. The Bertz CT molecular complexity index is 260. The molecule has 0 bridgehead atoms. The Kier molecular flexibility index (Phi) is 6.13. The van der Waals surface area contributed by atoms with E-state index in [2.05, 4.69) is 5.32 Å². The van der Waals surface area contributed by atoms with Gasteiger partial charge in [0.25, 0.3) is 0 Å². The molecule has 0 radical (unpaired) electrons. The van der Waals surface area contributed by atoms with Gasteiger partial charge >= 0.3 is 0 Å². The highest BCUT2D eigenvalue weighted by molar-refractivity contribution is 7.84. The van der Waals surface area contributed by atoms with E-state index in [0.29, 0.717) is 13.0 Å². The first-order chi connectivity index (χ1) is 6.49. The number of nitriles is 1. The van der Waals surface area contributed by atoms with Crippen molar-refractivity contribution in [1.82, 2.24) is 5.32 Å². The Morgan fingerprint density at radius 2 is 2.14 bits per heavy atom. The average Bonchev–Trinajstić information content (AvgIpc) is 2.15. The second-order valence-corrected chi connectivity index (χ2v) is 5.04. The number of nitrogens with one attached hydrogen (secondary N) is 1. The fraction of sp³-hybridized carbons (Fsp3) is 0.778. The second-order valence-electron chi connectivity index (χ2n) is 3.24. The molecule has 0 saturated carbocycles. The highest BCUT2D eigenvalue weighted by atomic mass is 32.2. The SMILES string of the molecule is CC(C#N)C(=O)NCCC(C)S(C)=O. The van der Waals surface area contributed by atoms with Crippen molar-refractivity contribution in [3.63, 3.8) is 0 Å². The standard InChI is InChI=1S/C9H16N2O2S/c1-7(6-10)9(12)11-5-4-8(2)14(3)13/h7-8H,4-5H2,1-3H3,(H,11,12). The van der Waals surface area contributed by atoms with Gasteiger partial charge in [0.1, 0.15) is 5.92 Å². The number of carbonyl (C=O) groups is 1. The van der Waals surface area contributed by atoms with E-state index in [1.807, 2.05) is 13.0 Å². The number of hydrogen-bond acceptors (Lipinski definition) is 3. The van der Waals surface area contributed by atoms with Crippen molar-refractivity contribution in [2.45, 2.75) is 25.5 Å². The molecule has 0 aliphatic rings. The van der Waals surface area contributed by atoms with Gasteiger partial charge in [-0.1, -0.05) is 6.92 Å². The molecule has 0 heterocycles. The molecule has 1 amide bonds. The largest absolute Gasteiger partial charge is 0.355 e. The monoisotopic (exact) mass is 216 g/mol. The van der Waals surface area contributed by atoms with E-state index in [4.69, 9.17) is 5.26 Å². The maximum absolute atomic E-state index is 11.1. The molecule has 1 N–H and O–H groups in total. The minimum absolute atomic E-state index is 0.0766. The lowest BCUT2D eigenvalue weighted by atomic mass is 10.2. The molecule has 0 fully saturated rings. The van der Waals surface area contributed by atoms with E-state index in [0.717, 1.165) is 0 Å². The number of hydrogen-bond donors (Lipinski definition) is 1. The molecule has 3 unspecified atom stereocenters. The lowest BCUT2D eigenvalue weighted by molar-refractivity contribution is -0.122. The molecule has 14 heavy (non-hydrogen) atoms. The third kappa shape index (κ3) is 4.97. The minimum atomic E-state index is -0.854. The highest BCUT2D eigenvalue weighted by Crippen LogP contribution is 1.98. The molecule has 3 atom stereocenters. The fourth-order valence-electron chi connectivity index (χ4n) is 0.776. The zero-order chi connectivity index (χ0) is 11.1. The van der Waals surface area contributed by atoms with Gasteiger partial charge in [0, 0.05) is 28.9 Å². The molecule has 0 spiro atoms. The number of nitrogens with zero attached hydrogens (tertiary/aromatic N) is 1. The smallest absolute Gasteiger partial charge is 0.237 e. The van der Waals surface area contributed by atoms with E-state index >= 15 is 0 Å². The summed E-state index contributed by atoms with van der Waals surface area (Å²) in [5, 5.41) is 11.1. The van der Waals surface area contributed by atoms with Crippen molar-refractivity contribution in [2.75, 3.05) is 12.8 Å². The second kappa shape index (κ2) is 6.55. The summed E-state index contributed by atoms with van der Waals surface area (Å²) in [7, 11) is -0.854. The Morgan fingerprint density at radius 1 is 1.57 bits per heavy atom. The van der Waals surface area contributed by atoms with Gasteiger partial charge in [0.15, 0.2) is 0 Å². The molecule has 0 aliphatic heterocycles. The van der Waals surface area contributed by atoms with Crippen LogP contribution in [0.2, 0.25) is 0 Å². The van der Waals surface area contributed by atoms with Crippen LogP contribution in [-0.4, -0.2) is 28.2 Å². The molecule has 80 valence electrons. The van der Waals surface area contributed by atoms with Crippen LogP contribution in [0.4, 0.5) is 0 Å². The van der Waals surface area contributed by atoms with Crippen molar-refractivity contribution in [3.05, 3.63) is 0 Å². The predicted octanol–water partition coefficient (Wildman–Crippen LogP) is 0.419. The first kappa shape index (κ1) is 13.1. The summed E-state index contributed by atoms with van der Waals surface area (Å²) in [6.45, 7) is 3.90. The van der Waals surface area contributed by atoms with Crippen LogP contribution in [0.5, 0.6) is 0 Å². The van der Waals surface area contributed by atoms with Gasteiger partial charge in [-0.25, -0.2) is 0 Å². The zero-order valence-electron chi connectivity index (χ0n) is 8.74. The van der Waals surface area contributed by atoms with Crippen LogP contribution < -0.4 is 5.32 Å². The van der Waals surface area contributed by atoms with E-state index in [9.17, 15) is 9.00 Å². The lowest BCUT2D eigenvalue weighted by Crippen LogP contribution is -2.31. The summed E-state index contributed by atoms with van der Waals surface area (Å²) in [5.74, 6) is -0.876. The first-order valence-electron chi connectivity index (χ1n) is 4.48. The van der Waals surface area contributed by atoms with Gasteiger partial charge in [-0.05, 0) is 13.3 Å². The molecule has 0 saturated heterocycles. The van der Waals surface area contributed by atoms with Gasteiger partial charge < -0.3 is 5.32 Å². The van der Waals surface area contributed by atoms with Crippen molar-refractivity contribution in [2.24, 2.45) is 5.92 Å². The Labute approximate surface area is 87.1 Å². The molecule has 5 heteroatoms. The van der Waals surface area contributed by atoms with Gasteiger partial charge in [-0.3, -0.25) is 9.00 Å². The summed E-state index contributed by atoms with van der Waals surface area (Å²) in [5.41, 5.74) is 0. The van der Waals surface area contributed by atoms with E-state index < -0.39 is 16.7 Å². The van der Waals surface area contributed by atoms with E-state index in [1.165, 1.54) is 0 Å². The Morgan fingerprint density at radius 3 is 2.57 bits per heavy atom. The summed E-state index contributed by atoms with van der Waals surface area (Å²) in [6.07, 6.45) is 2.32. The molecule has 0 aromatic rings. The molecule has 4 nitrogen and oxygen atoms in total. The van der Waals surface area contributed by atoms with Crippen molar-refractivity contribution >= 4 is 16.7 Å². The van der Waals surface area contributed by atoms with Crippen molar-refractivity contribution < 1.29 is 9.00 Å². The molecular formula is C9H16N2O2S. The highest BCUT2D eigenvalue weighted by Gasteiger charge is 2.11. The van der Waals surface area contributed by atoms with Crippen LogP contribution in [0.25, 0.3) is 0 Å². The van der Waals surface area contributed by atoms with Crippen LogP contribution in [0.3, 0.4) is 0 Å². The normalized spacial score (nSPS) is 16.4. The average molecular weight is 216 g/mol. The van der Waals surface area contributed by atoms with Crippen molar-refractivity contribution in [3.8, 4) is 6.07 Å². The van der Waals surface area contributed by atoms with Crippen LogP contribution in [0.1, 0.15) is 20.3 Å². The van der Waals surface area contributed by atoms with Gasteiger partial charge in [0.05, 0.1) is 6.07 Å². The topological polar surface area (TPSA) is 70.0 Å². The summed E-state index contributed by atoms with van der Waals surface area (Å²) in [6, 6.07) is 1.85. The molecule has 0 aromatic heterocycles. The van der Waals surface area contributed by atoms with Crippen LogP contribution in [-0.2, 0) is 15.6 Å². The minimum Gasteiger partial charge on any atom is -0.355 e. The number of rotatable bonds is 5. The molecular weight excluding hydrogens is 200 g/mol. The first-order valence-corrected chi connectivity index (χ1v) is 6.10. The lowest BCUT2D eigenvalue weighted by Gasteiger charge is -2.09. The molecule has 0 aliphatic carbocycles. The van der Waals surface area contributed by atoms with Gasteiger partial charge in [-0.2, -0.15) is 5.26 Å². The summed E-state index contributed by atoms with van der Waals surface area (Å²) in [4.78, 5) is 11.1. The summed E-state index contributed by atoms with van der Waals surface area (Å²) >= 11 is 0. The van der Waals surface area contributed by atoms with E-state index in [1.54, 1.807) is 13.2 Å². The predicted molar refractivity (Wildman–Crippen MR) is 55.9 cm³/mol. The third-order valence-electron chi connectivity index (χ3n) is 2.00. The molecule has 0 aromatic carbocycles. The van der Waals surface area contributed by atoms with Gasteiger partial charge in [-0.15, -0.1) is 0 Å². The van der Waals surface area contributed by atoms with Crippen LogP contribution in [0.15, 0.2) is 0 Å². The maximum Gasteiger partial charge on any atom is 0.237 e. The number of amides is 1. The Hall–Kier alpha value is -0.890. The third-order valence-corrected chi connectivity index (χ3v) is 3.37. The zero-order valence-corrected chi connectivity index (χ0v) is 9.56. The van der Waals surface area contributed by atoms with Gasteiger partial charge in [0.2, 0.25) is 5.91 Å². The fourth-order valence-corrected chi connectivity index (χ4v) is 1.23. The molecule has 0 rings (SSSR count). The summed E-state index contributed by atoms with van der Waals surface area (Å²) < 4.78 is 11.0. The Balaban J connectivity index is 3.71. The van der Waals surface area contributed by atoms with Crippen LogP contribution in [0, 0.1) is 17.2 Å². The number of carbonyl (C=O) groups excluding carboxylic acids is 1. The van der Waals surface area contributed by atoms with Crippen molar-refractivity contribution in [1.29, 1.82) is 5.26 Å².